The number of piperazine rings is 1. The second-order valence-corrected chi connectivity index (χ2v) is 5.68. The van der Waals surface area contributed by atoms with Gasteiger partial charge in [-0.25, -0.2) is 0 Å². The van der Waals surface area contributed by atoms with Crippen molar-refractivity contribution in [2.24, 2.45) is 0 Å². The fourth-order valence-corrected chi connectivity index (χ4v) is 2.57. The lowest BCUT2D eigenvalue weighted by molar-refractivity contribution is 0.0312. The zero-order chi connectivity index (χ0) is 10.9. The van der Waals surface area contributed by atoms with Crippen molar-refractivity contribution in [3.63, 3.8) is 0 Å². The first-order chi connectivity index (χ1) is 7.07. The number of hydrogen-bond donors (Lipinski definition) is 1. The largest absolute Gasteiger partial charge is 0.377 e. The van der Waals surface area contributed by atoms with Crippen molar-refractivity contribution in [3.05, 3.63) is 0 Å². The van der Waals surface area contributed by atoms with Crippen LogP contribution in [0.1, 0.15) is 33.6 Å². The highest BCUT2D eigenvalue weighted by molar-refractivity contribution is 4.91. The second kappa shape index (κ2) is 4.40. The fourth-order valence-electron chi connectivity index (χ4n) is 2.57. The van der Waals surface area contributed by atoms with E-state index in [0.29, 0.717) is 12.1 Å². The van der Waals surface area contributed by atoms with E-state index >= 15 is 0 Å². The van der Waals surface area contributed by atoms with Crippen LogP contribution in [-0.2, 0) is 4.74 Å². The summed E-state index contributed by atoms with van der Waals surface area (Å²) in [7, 11) is 0. The van der Waals surface area contributed by atoms with Gasteiger partial charge in [-0.05, 0) is 33.6 Å². The maximum atomic E-state index is 5.71. The molecule has 0 aliphatic carbocycles. The zero-order valence-electron chi connectivity index (χ0n) is 10.3. The Kier molecular flexibility index (Phi) is 3.33. The van der Waals surface area contributed by atoms with Crippen LogP contribution in [0.2, 0.25) is 0 Å². The molecule has 3 nitrogen and oxygen atoms in total. The van der Waals surface area contributed by atoms with Crippen molar-refractivity contribution >= 4 is 0 Å². The van der Waals surface area contributed by atoms with Crippen LogP contribution in [0.4, 0.5) is 0 Å². The Labute approximate surface area is 93.2 Å². The fraction of sp³-hybridized carbons (Fsp3) is 1.00. The summed E-state index contributed by atoms with van der Waals surface area (Å²) in [5.41, 5.74) is 0.255. The summed E-state index contributed by atoms with van der Waals surface area (Å²) in [6, 6.07) is 0.641. The lowest BCUT2D eigenvalue weighted by Crippen LogP contribution is -2.61. The molecule has 2 aliphatic heterocycles. The minimum atomic E-state index is 0.255. The van der Waals surface area contributed by atoms with E-state index in [2.05, 4.69) is 31.0 Å². The topological polar surface area (TPSA) is 24.5 Å². The highest BCUT2D eigenvalue weighted by atomic mass is 16.5. The molecule has 2 aliphatic rings. The quantitative estimate of drug-likeness (QED) is 0.745. The Bertz CT molecular complexity index is 212. The van der Waals surface area contributed by atoms with E-state index in [1.807, 2.05) is 0 Å². The van der Waals surface area contributed by atoms with Crippen LogP contribution in [0.25, 0.3) is 0 Å². The maximum absolute atomic E-state index is 5.71. The van der Waals surface area contributed by atoms with Crippen molar-refractivity contribution < 1.29 is 4.74 Å². The van der Waals surface area contributed by atoms with E-state index in [1.54, 1.807) is 0 Å². The molecule has 1 N–H and O–H groups in total. The molecule has 0 radical (unpaired) electrons. The van der Waals surface area contributed by atoms with Gasteiger partial charge in [0.1, 0.15) is 0 Å². The predicted molar refractivity (Wildman–Crippen MR) is 62.1 cm³/mol. The summed E-state index contributed by atoms with van der Waals surface area (Å²) < 4.78 is 5.71. The molecular weight excluding hydrogens is 188 g/mol. The Morgan fingerprint density at radius 3 is 2.93 bits per heavy atom. The molecule has 2 rings (SSSR count). The Hall–Kier alpha value is -0.120. The average molecular weight is 212 g/mol. The zero-order valence-corrected chi connectivity index (χ0v) is 10.3. The van der Waals surface area contributed by atoms with E-state index in [9.17, 15) is 0 Å². The van der Waals surface area contributed by atoms with Gasteiger partial charge in [-0.15, -0.1) is 0 Å². The lowest BCUT2D eigenvalue weighted by atomic mass is 9.98. The summed E-state index contributed by atoms with van der Waals surface area (Å²) in [5, 5.41) is 3.58. The lowest BCUT2D eigenvalue weighted by Gasteiger charge is -2.44. The summed E-state index contributed by atoms with van der Waals surface area (Å²) >= 11 is 0. The van der Waals surface area contributed by atoms with Gasteiger partial charge in [0, 0.05) is 37.8 Å². The third-order valence-electron chi connectivity index (χ3n) is 3.56. The van der Waals surface area contributed by atoms with Gasteiger partial charge < -0.3 is 10.1 Å². The summed E-state index contributed by atoms with van der Waals surface area (Å²) in [4.78, 5) is 2.58. The van der Waals surface area contributed by atoms with Gasteiger partial charge in [-0.3, -0.25) is 4.90 Å². The highest BCUT2D eigenvalue weighted by Crippen LogP contribution is 2.19. The minimum absolute atomic E-state index is 0.255. The maximum Gasteiger partial charge on any atom is 0.0702 e. The molecule has 15 heavy (non-hydrogen) atoms. The molecular formula is C12H24N2O. The second-order valence-electron chi connectivity index (χ2n) is 5.68. The number of ether oxygens (including phenoxy) is 1. The Morgan fingerprint density at radius 2 is 2.27 bits per heavy atom. The molecule has 2 heterocycles. The molecule has 0 aromatic carbocycles. The van der Waals surface area contributed by atoms with Gasteiger partial charge in [0.05, 0.1) is 6.10 Å². The van der Waals surface area contributed by atoms with Crippen LogP contribution in [0.3, 0.4) is 0 Å². The third-order valence-corrected chi connectivity index (χ3v) is 3.56. The molecule has 2 unspecified atom stereocenters. The van der Waals surface area contributed by atoms with Crippen molar-refractivity contribution in [2.45, 2.75) is 51.3 Å². The number of hydrogen-bond acceptors (Lipinski definition) is 3. The first-order valence-corrected chi connectivity index (χ1v) is 6.17. The van der Waals surface area contributed by atoms with Crippen LogP contribution in [0, 0.1) is 0 Å². The van der Waals surface area contributed by atoms with Gasteiger partial charge in [0.15, 0.2) is 0 Å². The number of rotatable bonds is 2. The molecule has 0 aromatic heterocycles. The SMILES string of the molecule is CC1CNC(C)(C)CN1CC1CCCO1. The molecule has 88 valence electrons. The molecule has 0 bridgehead atoms. The third kappa shape index (κ3) is 2.92. The van der Waals surface area contributed by atoms with E-state index in [4.69, 9.17) is 4.74 Å². The predicted octanol–water partition coefficient (Wildman–Crippen LogP) is 1.24. The van der Waals surface area contributed by atoms with Crippen molar-refractivity contribution in [1.29, 1.82) is 0 Å². The number of nitrogens with one attached hydrogen (secondary N) is 1. The van der Waals surface area contributed by atoms with Gasteiger partial charge in [0.2, 0.25) is 0 Å². The smallest absolute Gasteiger partial charge is 0.0702 e. The number of nitrogens with zero attached hydrogens (tertiary/aromatic N) is 1. The molecule has 2 saturated heterocycles. The van der Waals surface area contributed by atoms with Crippen molar-refractivity contribution in [2.75, 3.05) is 26.2 Å². The minimum Gasteiger partial charge on any atom is -0.377 e. The van der Waals surface area contributed by atoms with Gasteiger partial charge >= 0.3 is 0 Å². The first-order valence-electron chi connectivity index (χ1n) is 6.17. The standard InChI is InChI=1S/C12H24N2O/c1-10-7-13-12(2,3)9-14(10)8-11-5-4-6-15-11/h10-11,13H,4-9H2,1-3H3. The summed E-state index contributed by atoms with van der Waals surface area (Å²) in [6.45, 7) is 11.2. The molecule has 0 saturated carbocycles. The average Bonchev–Trinajstić information content (AvgIpc) is 2.64. The van der Waals surface area contributed by atoms with Crippen molar-refractivity contribution in [1.82, 2.24) is 10.2 Å². The van der Waals surface area contributed by atoms with Crippen LogP contribution in [0.5, 0.6) is 0 Å². The summed E-state index contributed by atoms with van der Waals surface area (Å²) in [6.07, 6.45) is 2.98. The molecule has 3 heteroatoms. The van der Waals surface area contributed by atoms with Crippen LogP contribution in [-0.4, -0.2) is 48.8 Å². The van der Waals surface area contributed by atoms with E-state index in [-0.39, 0.29) is 5.54 Å². The van der Waals surface area contributed by atoms with Gasteiger partial charge in [-0.2, -0.15) is 0 Å². The van der Waals surface area contributed by atoms with E-state index in [1.165, 1.54) is 12.8 Å². The Balaban J connectivity index is 1.88. The molecule has 2 fully saturated rings. The van der Waals surface area contributed by atoms with E-state index in [0.717, 1.165) is 26.2 Å². The highest BCUT2D eigenvalue weighted by Gasteiger charge is 2.32. The molecule has 0 spiro atoms. The van der Waals surface area contributed by atoms with Crippen LogP contribution in [0.15, 0.2) is 0 Å². The molecule has 0 aromatic rings. The van der Waals surface area contributed by atoms with Gasteiger partial charge in [0.25, 0.3) is 0 Å². The van der Waals surface area contributed by atoms with E-state index < -0.39 is 0 Å². The monoisotopic (exact) mass is 212 g/mol. The van der Waals surface area contributed by atoms with Crippen LogP contribution >= 0.6 is 0 Å². The van der Waals surface area contributed by atoms with Gasteiger partial charge in [-0.1, -0.05) is 0 Å². The Morgan fingerprint density at radius 1 is 1.47 bits per heavy atom. The normalized spacial score (nSPS) is 37.0. The molecule has 2 atom stereocenters. The van der Waals surface area contributed by atoms with Crippen molar-refractivity contribution in [3.8, 4) is 0 Å². The first kappa shape index (κ1) is 11.4. The summed E-state index contributed by atoms with van der Waals surface area (Å²) in [5.74, 6) is 0. The molecule has 0 amide bonds. The van der Waals surface area contributed by atoms with Crippen LogP contribution < -0.4 is 5.32 Å².